The van der Waals surface area contributed by atoms with Gasteiger partial charge in [-0.2, -0.15) is 0 Å². The van der Waals surface area contributed by atoms with E-state index in [1.54, 1.807) is 0 Å². The van der Waals surface area contributed by atoms with E-state index in [0.29, 0.717) is 12.1 Å². The molecule has 0 saturated heterocycles. The van der Waals surface area contributed by atoms with Gasteiger partial charge in [-0.15, -0.1) is 0 Å². The molecule has 0 aromatic rings. The maximum atomic E-state index is 2.83. The quantitative estimate of drug-likeness (QED) is 0.603. The molecular weight excluding hydrogens is 186 g/mol. The lowest BCUT2D eigenvalue weighted by molar-refractivity contribution is 0.289. The van der Waals surface area contributed by atoms with Crippen LogP contribution in [0.1, 0.15) is 48.5 Å². The zero-order valence-corrected chi connectivity index (χ0v) is 12.2. The zero-order valence-electron chi connectivity index (χ0n) is 11.2. The first-order valence-electron chi connectivity index (χ1n) is 6.23. The Morgan fingerprint density at radius 3 is 1.14 bits per heavy atom. The summed E-state index contributed by atoms with van der Waals surface area (Å²) in [7, 11) is -1.14. The maximum Gasteiger partial charge on any atom is 0.128 e. The summed E-state index contributed by atoms with van der Waals surface area (Å²) >= 11 is 0. The van der Waals surface area contributed by atoms with Gasteiger partial charge in [0.05, 0.1) is 0 Å². The van der Waals surface area contributed by atoms with Crippen LogP contribution in [0.25, 0.3) is 0 Å². The second-order valence-corrected chi connectivity index (χ2v) is 9.97. The first-order valence-corrected chi connectivity index (χ1v) is 8.80. The highest BCUT2D eigenvalue weighted by Crippen LogP contribution is 2.28. The van der Waals surface area contributed by atoms with Crippen molar-refractivity contribution in [2.45, 2.75) is 78.7 Å². The molecule has 86 valence electrons. The lowest BCUT2D eigenvalue weighted by Gasteiger charge is -2.46. The summed E-state index contributed by atoms with van der Waals surface area (Å²) in [6, 6.07) is 5.62. The summed E-state index contributed by atoms with van der Waals surface area (Å²) < 4.78 is 2.83. The van der Waals surface area contributed by atoms with Crippen molar-refractivity contribution in [3.05, 3.63) is 0 Å². The Morgan fingerprint density at radius 2 is 1.07 bits per heavy atom. The van der Waals surface area contributed by atoms with Crippen LogP contribution in [-0.2, 0) is 0 Å². The molecule has 0 saturated carbocycles. The van der Waals surface area contributed by atoms with Crippen molar-refractivity contribution in [1.82, 2.24) is 4.57 Å². The van der Waals surface area contributed by atoms with Gasteiger partial charge in [0.2, 0.25) is 0 Å². The van der Waals surface area contributed by atoms with Gasteiger partial charge in [0.25, 0.3) is 0 Å². The topological polar surface area (TPSA) is 3.24 Å². The van der Waals surface area contributed by atoms with E-state index in [4.69, 9.17) is 0 Å². The molecular formula is C12H29NSi. The second kappa shape index (κ2) is 5.91. The molecule has 0 atom stereocenters. The van der Waals surface area contributed by atoms with E-state index in [1.165, 1.54) is 18.1 Å². The largest absolute Gasteiger partial charge is 0.319 e. The van der Waals surface area contributed by atoms with Gasteiger partial charge in [0, 0.05) is 0 Å². The van der Waals surface area contributed by atoms with E-state index < -0.39 is 8.24 Å². The van der Waals surface area contributed by atoms with Crippen molar-refractivity contribution in [3.63, 3.8) is 0 Å². The van der Waals surface area contributed by atoms with Gasteiger partial charge in [-0.25, -0.2) is 0 Å². The molecule has 0 heterocycles. The summed E-state index contributed by atoms with van der Waals surface area (Å²) in [4.78, 5) is 0. The Hall–Kier alpha value is 0.177. The van der Waals surface area contributed by atoms with Crippen molar-refractivity contribution in [3.8, 4) is 0 Å². The van der Waals surface area contributed by atoms with Gasteiger partial charge in [-0.05, 0) is 30.2 Å². The molecule has 0 fully saturated rings. The van der Waals surface area contributed by atoms with Crippen LogP contribution in [-0.4, -0.2) is 24.9 Å². The lowest BCUT2D eigenvalue weighted by atomic mass is 10.3. The summed E-state index contributed by atoms with van der Waals surface area (Å²) in [5.74, 6) is 0. The number of hydrogen-bond acceptors (Lipinski definition) is 1. The molecule has 14 heavy (non-hydrogen) atoms. The third-order valence-corrected chi connectivity index (χ3v) is 9.71. The Labute approximate surface area is 92.0 Å². The molecule has 0 rings (SSSR count). The molecule has 0 radical (unpaired) electrons. The predicted octanol–water partition coefficient (Wildman–Crippen LogP) is 4.11. The van der Waals surface area contributed by atoms with E-state index in [0.717, 1.165) is 0 Å². The highest BCUT2D eigenvalue weighted by molar-refractivity contribution is 6.77. The van der Waals surface area contributed by atoms with Gasteiger partial charge in [0.1, 0.15) is 8.24 Å². The minimum absolute atomic E-state index is 0.710. The van der Waals surface area contributed by atoms with Crippen molar-refractivity contribution in [1.29, 1.82) is 0 Å². The third-order valence-electron chi connectivity index (χ3n) is 3.63. The minimum atomic E-state index is -1.14. The summed E-state index contributed by atoms with van der Waals surface area (Å²) in [5, 5.41) is 0. The Morgan fingerprint density at radius 1 is 0.786 bits per heavy atom. The van der Waals surface area contributed by atoms with Crippen molar-refractivity contribution in [2.75, 3.05) is 0 Å². The molecule has 1 nitrogen and oxygen atoms in total. The van der Waals surface area contributed by atoms with Crippen LogP contribution in [0.4, 0.5) is 0 Å². The number of nitrogens with zero attached hydrogens (tertiary/aromatic N) is 1. The van der Waals surface area contributed by atoms with Crippen LogP contribution >= 0.6 is 0 Å². The van der Waals surface area contributed by atoms with Crippen LogP contribution in [0, 0.1) is 0 Å². The first kappa shape index (κ1) is 14.2. The summed E-state index contributed by atoms with van der Waals surface area (Å²) in [5.41, 5.74) is 0. The second-order valence-electron chi connectivity index (χ2n) is 4.88. The molecule has 2 heteroatoms. The highest BCUT2D eigenvalue weighted by atomic mass is 28.3. The molecule has 0 aliphatic heterocycles. The molecule has 0 aliphatic carbocycles. The average molecular weight is 215 g/mol. The first-order chi connectivity index (χ1) is 6.45. The fourth-order valence-electron chi connectivity index (χ4n) is 2.99. The third kappa shape index (κ3) is 2.83. The lowest BCUT2D eigenvalue weighted by Crippen LogP contribution is -2.58. The van der Waals surface area contributed by atoms with Crippen molar-refractivity contribution >= 4 is 8.24 Å². The Bertz CT molecular complexity index is 134. The average Bonchev–Trinajstić information content (AvgIpc) is 2.12. The van der Waals surface area contributed by atoms with E-state index in [-0.39, 0.29) is 0 Å². The molecule has 0 bridgehead atoms. The summed E-state index contributed by atoms with van der Waals surface area (Å²) in [6.07, 6.45) is 0. The van der Waals surface area contributed by atoms with Crippen LogP contribution in [0.5, 0.6) is 0 Å². The monoisotopic (exact) mass is 215 g/mol. The summed E-state index contributed by atoms with van der Waals surface area (Å²) in [6.45, 7) is 16.6. The van der Waals surface area contributed by atoms with Crippen LogP contribution in [0.15, 0.2) is 0 Å². The van der Waals surface area contributed by atoms with Crippen molar-refractivity contribution in [2.24, 2.45) is 0 Å². The van der Waals surface area contributed by atoms with E-state index in [9.17, 15) is 0 Å². The normalized spacial score (nSPS) is 13.3. The van der Waals surface area contributed by atoms with Crippen LogP contribution < -0.4 is 0 Å². The van der Waals surface area contributed by atoms with Gasteiger partial charge < -0.3 is 4.57 Å². The predicted molar refractivity (Wildman–Crippen MR) is 69.3 cm³/mol. The number of hydrogen-bond donors (Lipinski definition) is 0. The molecule has 0 unspecified atom stereocenters. The number of rotatable bonds is 6. The highest BCUT2D eigenvalue weighted by Gasteiger charge is 2.37. The van der Waals surface area contributed by atoms with E-state index >= 15 is 0 Å². The maximum absolute atomic E-state index is 2.83. The minimum Gasteiger partial charge on any atom is -0.319 e. The fraction of sp³-hybridized carbons (Fsp3) is 1.00. The molecule has 0 spiro atoms. The van der Waals surface area contributed by atoms with Gasteiger partial charge in [0.15, 0.2) is 0 Å². The SMILES string of the molecule is CC[Si](CC)(CC)N(C(C)C)C(C)C. The van der Waals surface area contributed by atoms with Crippen LogP contribution in [0.2, 0.25) is 18.1 Å². The standard InChI is InChI=1S/C12H29NSi/c1-8-14(9-2,10-3)13(11(4)5)12(6)7/h11-12H,8-10H2,1-7H3. The van der Waals surface area contributed by atoms with Gasteiger partial charge >= 0.3 is 0 Å². The molecule has 0 aromatic carbocycles. The van der Waals surface area contributed by atoms with E-state index in [1.807, 2.05) is 0 Å². The van der Waals surface area contributed by atoms with Crippen LogP contribution in [0.3, 0.4) is 0 Å². The smallest absolute Gasteiger partial charge is 0.128 e. The molecule has 0 aromatic heterocycles. The van der Waals surface area contributed by atoms with E-state index in [2.05, 4.69) is 53.0 Å². The zero-order chi connectivity index (χ0) is 11.4. The van der Waals surface area contributed by atoms with Gasteiger partial charge in [-0.1, -0.05) is 48.5 Å². The molecule has 0 amide bonds. The van der Waals surface area contributed by atoms with Crippen molar-refractivity contribution < 1.29 is 0 Å². The molecule has 0 N–H and O–H groups in total. The fourth-order valence-corrected chi connectivity index (χ4v) is 7.78. The van der Waals surface area contributed by atoms with Gasteiger partial charge in [-0.3, -0.25) is 0 Å². The Balaban J connectivity index is 4.90. The Kier molecular flexibility index (Phi) is 5.99. The molecule has 0 aliphatic rings.